The maximum Gasteiger partial charge on any atom is 0.331 e. The van der Waals surface area contributed by atoms with Crippen LogP contribution in [0.2, 0.25) is 0 Å². The lowest BCUT2D eigenvalue weighted by Crippen LogP contribution is -2.49. The molecule has 6 rings (SSSR count). The monoisotopic (exact) mass is 513 g/mol. The molecule has 1 aliphatic heterocycles. The normalized spacial score (nSPS) is 19.0. The quantitative estimate of drug-likeness (QED) is 0.300. The number of benzene rings is 2. The van der Waals surface area contributed by atoms with Crippen molar-refractivity contribution in [3.8, 4) is 11.5 Å². The molecule has 4 aromatic rings. The molecule has 2 atom stereocenters. The summed E-state index contributed by atoms with van der Waals surface area (Å²) in [5.41, 5.74) is 9.04. The summed E-state index contributed by atoms with van der Waals surface area (Å²) in [7, 11) is 0. The molecule has 9 heteroatoms. The smallest absolute Gasteiger partial charge is 0.331 e. The Labute approximate surface area is 218 Å². The van der Waals surface area contributed by atoms with Crippen LogP contribution in [0.25, 0.3) is 10.2 Å². The highest BCUT2D eigenvalue weighted by Gasteiger charge is 2.34. The zero-order valence-corrected chi connectivity index (χ0v) is 21.2. The summed E-state index contributed by atoms with van der Waals surface area (Å²) in [6.45, 7) is 1.94. The van der Waals surface area contributed by atoms with Crippen molar-refractivity contribution < 1.29 is 14.3 Å². The van der Waals surface area contributed by atoms with Crippen molar-refractivity contribution in [1.29, 1.82) is 0 Å². The molecule has 0 bridgehead atoms. The summed E-state index contributed by atoms with van der Waals surface area (Å²) in [4.78, 5) is 34.0. The molecule has 0 saturated heterocycles. The van der Waals surface area contributed by atoms with Crippen molar-refractivity contribution in [2.24, 2.45) is 5.73 Å². The molecule has 1 saturated carbocycles. The predicted octanol–water partition coefficient (Wildman–Crippen LogP) is 6.08. The molecule has 2 aromatic heterocycles. The van der Waals surface area contributed by atoms with E-state index < -0.39 is 0 Å². The van der Waals surface area contributed by atoms with Gasteiger partial charge >= 0.3 is 6.03 Å². The highest BCUT2D eigenvalue weighted by Crippen LogP contribution is 2.46. The van der Waals surface area contributed by atoms with Crippen molar-refractivity contribution in [3.63, 3.8) is 0 Å². The highest BCUT2D eigenvalue weighted by molar-refractivity contribution is 7.21. The van der Waals surface area contributed by atoms with E-state index in [4.69, 9.17) is 10.5 Å². The van der Waals surface area contributed by atoms with Gasteiger partial charge in [0.2, 0.25) is 0 Å². The minimum Gasteiger partial charge on any atom is -0.457 e. The van der Waals surface area contributed by atoms with Gasteiger partial charge in [-0.15, -0.1) is 11.3 Å². The predicted molar refractivity (Wildman–Crippen MR) is 146 cm³/mol. The Morgan fingerprint density at radius 1 is 1.11 bits per heavy atom. The van der Waals surface area contributed by atoms with Gasteiger partial charge in [0.15, 0.2) is 0 Å². The van der Waals surface area contributed by atoms with E-state index >= 15 is 0 Å². The van der Waals surface area contributed by atoms with Crippen LogP contribution in [0.3, 0.4) is 0 Å². The first kappa shape index (κ1) is 23.4. The average Bonchev–Trinajstić information content (AvgIpc) is 3.26. The second-order valence-electron chi connectivity index (χ2n) is 9.47. The van der Waals surface area contributed by atoms with Crippen LogP contribution in [0.4, 0.5) is 21.9 Å². The number of aromatic nitrogens is 1. The Morgan fingerprint density at radius 3 is 2.70 bits per heavy atom. The van der Waals surface area contributed by atoms with Gasteiger partial charge in [0.25, 0.3) is 5.91 Å². The maximum atomic E-state index is 13.5. The number of nitrogens with two attached hydrogens (primary N) is 1. The van der Waals surface area contributed by atoms with Crippen LogP contribution in [0.15, 0.2) is 60.8 Å². The van der Waals surface area contributed by atoms with E-state index in [-0.39, 0.29) is 24.0 Å². The maximum absolute atomic E-state index is 13.5. The van der Waals surface area contributed by atoms with E-state index in [2.05, 4.69) is 15.6 Å². The van der Waals surface area contributed by atoms with E-state index in [9.17, 15) is 9.59 Å². The first-order chi connectivity index (χ1) is 18.0. The molecule has 2 aromatic carbocycles. The Morgan fingerprint density at radius 2 is 1.92 bits per heavy atom. The third kappa shape index (κ3) is 4.30. The van der Waals surface area contributed by atoms with Gasteiger partial charge in [-0.3, -0.25) is 9.69 Å². The minimum atomic E-state index is -0.332. The van der Waals surface area contributed by atoms with Crippen LogP contribution in [0, 0.1) is 6.92 Å². The number of nitrogens with one attached hydrogen (secondary N) is 2. The molecular formula is C28H27N5O3S. The van der Waals surface area contributed by atoms with Gasteiger partial charge in [0.1, 0.15) is 21.2 Å². The van der Waals surface area contributed by atoms with Gasteiger partial charge in [-0.2, -0.15) is 0 Å². The fourth-order valence-electron chi connectivity index (χ4n) is 5.12. The van der Waals surface area contributed by atoms with Crippen molar-refractivity contribution >= 4 is 50.6 Å². The number of thiophene rings is 1. The molecule has 37 heavy (non-hydrogen) atoms. The molecule has 1 aliphatic carbocycles. The standard InChI is InChI=1S/C28H27N5O3S/c1-16-15-18(36-17-7-3-2-4-8-17)11-12-21(16)33-22-13-14-30-27-23(22)24(32-28(33)35)25(37-27)26(34)31-20-10-6-5-9-19(20)29/h2-4,7-8,11-15,19-20H,5-6,9-10,29H2,1H3,(H,31,34)(H,32,35)/t19-,20+/m1/s1. The average molecular weight is 514 g/mol. The van der Waals surface area contributed by atoms with Crippen LogP contribution < -0.4 is 26.0 Å². The van der Waals surface area contributed by atoms with Crippen molar-refractivity contribution in [2.45, 2.75) is 44.7 Å². The second kappa shape index (κ2) is 9.49. The molecule has 4 N–H and O–H groups in total. The molecule has 2 aliphatic rings. The molecule has 8 nitrogen and oxygen atoms in total. The Balaban J connectivity index is 1.34. The number of carbonyl (C=O) groups excluding carboxylic acids is 2. The third-order valence-corrected chi connectivity index (χ3v) is 8.07. The number of rotatable bonds is 5. The van der Waals surface area contributed by atoms with Crippen LogP contribution >= 0.6 is 11.3 Å². The van der Waals surface area contributed by atoms with Crippen molar-refractivity contribution in [3.05, 3.63) is 71.2 Å². The molecule has 1 fully saturated rings. The second-order valence-corrected chi connectivity index (χ2v) is 10.5. The van der Waals surface area contributed by atoms with E-state index in [0.29, 0.717) is 26.8 Å². The molecule has 188 valence electrons. The number of para-hydroxylation sites is 1. The SMILES string of the molecule is Cc1cc(Oc2ccccc2)ccc1N1C(=O)Nc2c(C(=O)N[C@H]3CCCC[C@H]3N)sc3nccc1c23. The number of amides is 3. The Hall–Kier alpha value is -3.95. The number of ether oxygens (including phenoxy) is 1. The molecule has 0 unspecified atom stereocenters. The lowest BCUT2D eigenvalue weighted by molar-refractivity contribution is 0.0926. The summed E-state index contributed by atoms with van der Waals surface area (Å²) >= 11 is 1.28. The van der Waals surface area contributed by atoms with Crippen LogP contribution in [-0.4, -0.2) is 29.0 Å². The van der Waals surface area contributed by atoms with E-state index in [0.717, 1.165) is 48.1 Å². The van der Waals surface area contributed by atoms with Gasteiger partial charge in [0, 0.05) is 18.3 Å². The zero-order valence-electron chi connectivity index (χ0n) is 20.4. The van der Waals surface area contributed by atoms with Gasteiger partial charge in [-0.1, -0.05) is 31.0 Å². The van der Waals surface area contributed by atoms with E-state index in [1.807, 2.05) is 61.5 Å². The minimum absolute atomic E-state index is 0.0565. The van der Waals surface area contributed by atoms with E-state index in [1.54, 1.807) is 11.1 Å². The van der Waals surface area contributed by atoms with Gasteiger partial charge in [-0.25, -0.2) is 9.78 Å². The van der Waals surface area contributed by atoms with E-state index in [1.165, 1.54) is 11.3 Å². The van der Waals surface area contributed by atoms with Crippen LogP contribution in [0.1, 0.15) is 40.9 Å². The lowest BCUT2D eigenvalue weighted by atomic mass is 9.91. The van der Waals surface area contributed by atoms with Gasteiger partial charge in [-0.05, 0) is 61.7 Å². The highest BCUT2D eigenvalue weighted by atomic mass is 32.1. The molecule has 0 radical (unpaired) electrons. The fourth-order valence-corrected chi connectivity index (χ4v) is 6.15. The largest absolute Gasteiger partial charge is 0.457 e. The molecular weight excluding hydrogens is 486 g/mol. The summed E-state index contributed by atoms with van der Waals surface area (Å²) in [5, 5.41) is 6.82. The molecule has 3 heterocycles. The van der Waals surface area contributed by atoms with Gasteiger partial charge < -0.3 is 21.1 Å². The van der Waals surface area contributed by atoms with Crippen LogP contribution in [-0.2, 0) is 0 Å². The first-order valence-corrected chi connectivity index (χ1v) is 13.2. The number of pyridine rings is 1. The number of anilines is 3. The number of nitrogens with zero attached hydrogens (tertiary/aromatic N) is 2. The van der Waals surface area contributed by atoms with Crippen molar-refractivity contribution in [2.75, 3.05) is 10.2 Å². The number of hydrogen-bond acceptors (Lipinski definition) is 6. The summed E-state index contributed by atoms with van der Waals surface area (Å²) in [6.07, 6.45) is 5.56. The first-order valence-electron chi connectivity index (χ1n) is 12.4. The topological polar surface area (TPSA) is 110 Å². The number of hydrogen-bond donors (Lipinski definition) is 3. The lowest BCUT2D eigenvalue weighted by Gasteiger charge is -2.30. The van der Waals surface area contributed by atoms with Gasteiger partial charge in [0.05, 0.1) is 22.4 Å². The number of carbonyl (C=O) groups is 2. The third-order valence-electron chi connectivity index (χ3n) is 6.98. The Bertz CT molecular complexity index is 1500. The number of aryl methyl sites for hydroxylation is 1. The number of urea groups is 1. The molecule has 0 spiro atoms. The van der Waals surface area contributed by atoms with Crippen LogP contribution in [0.5, 0.6) is 11.5 Å². The summed E-state index contributed by atoms with van der Waals surface area (Å²) < 4.78 is 5.96. The fraction of sp³-hybridized carbons (Fsp3) is 0.250. The zero-order chi connectivity index (χ0) is 25.5. The van der Waals surface area contributed by atoms with Crippen molar-refractivity contribution in [1.82, 2.24) is 10.3 Å². The molecule has 3 amide bonds. The summed E-state index contributed by atoms with van der Waals surface area (Å²) in [6, 6.07) is 16.5. The Kier molecular flexibility index (Phi) is 6.02. The summed E-state index contributed by atoms with van der Waals surface area (Å²) in [5.74, 6) is 1.20.